The van der Waals surface area contributed by atoms with Crippen LogP contribution in [0, 0.1) is 10.1 Å². The summed E-state index contributed by atoms with van der Waals surface area (Å²) in [6.07, 6.45) is 0. The van der Waals surface area contributed by atoms with E-state index < -0.39 is 9.75 Å². The zero-order chi connectivity index (χ0) is 17.7. The first kappa shape index (κ1) is 18.4. The van der Waals surface area contributed by atoms with Crippen LogP contribution in [0.1, 0.15) is 10.4 Å². The molecule has 2 rings (SSSR count). The van der Waals surface area contributed by atoms with Crippen molar-refractivity contribution < 1.29 is 14.5 Å². The molecule has 0 unspecified atom stereocenters. The maximum atomic E-state index is 12.5. The van der Waals surface area contributed by atoms with Crippen LogP contribution in [0.15, 0.2) is 48.5 Å². The molecule has 0 aliphatic rings. The summed E-state index contributed by atoms with van der Waals surface area (Å²) in [5.41, 5.74) is 0.967. The third-order valence-electron chi connectivity index (χ3n) is 3.28. The Balaban J connectivity index is 2.20. The number of carbonyl (C=O) groups excluding carboxylic acids is 1. The molecule has 0 aromatic heterocycles. The van der Waals surface area contributed by atoms with Gasteiger partial charge in [-0.1, -0.05) is 68.3 Å². The van der Waals surface area contributed by atoms with Crippen molar-refractivity contribution in [1.29, 1.82) is 0 Å². The summed E-state index contributed by atoms with van der Waals surface area (Å²) in [5.74, 6) is -0.332. The molecule has 0 fully saturated rings. The number of para-hydroxylation sites is 1. The average Bonchev–Trinajstić information content (AvgIpc) is 2.60. The lowest BCUT2D eigenvalue weighted by atomic mass is 10.1. The lowest BCUT2D eigenvalue weighted by Crippen LogP contribution is -2.26. The topological polar surface area (TPSA) is 81.5 Å². The van der Waals surface area contributed by atoms with Gasteiger partial charge in [0.25, 0.3) is 0 Å². The predicted molar refractivity (Wildman–Crippen MR) is 99.1 cm³/mol. The van der Waals surface area contributed by atoms with Crippen molar-refractivity contribution >= 4 is 49.1 Å². The van der Waals surface area contributed by atoms with Gasteiger partial charge in [-0.15, -0.1) is 0 Å². The third-order valence-corrected chi connectivity index (χ3v) is 5.99. The Bertz CT molecular complexity index is 740. The Morgan fingerprint density at radius 1 is 1.17 bits per heavy atom. The van der Waals surface area contributed by atoms with Crippen molar-refractivity contribution in [2.45, 2.75) is 9.65 Å². The molecule has 0 aliphatic carbocycles. The molecule has 0 radical (unpaired) electrons. The van der Waals surface area contributed by atoms with Crippen LogP contribution in [0.5, 0.6) is 5.75 Å². The highest BCUT2D eigenvalue weighted by atomic mass is 79.9. The van der Waals surface area contributed by atoms with Gasteiger partial charge in [0.15, 0.2) is 0 Å². The summed E-state index contributed by atoms with van der Waals surface area (Å²) < 4.78 is 5.08. The number of hydrogen-bond donors (Lipinski definition) is 1. The molecule has 0 spiro atoms. The monoisotopic (exact) mass is 456 g/mol. The minimum Gasteiger partial charge on any atom is -0.489 e. The zero-order valence-electron chi connectivity index (χ0n) is 12.6. The molecular weight excluding hydrogens is 444 g/mol. The molecule has 24 heavy (non-hydrogen) atoms. The first-order valence-corrected chi connectivity index (χ1v) is 8.74. The van der Waals surface area contributed by atoms with Crippen molar-refractivity contribution in [2.75, 3.05) is 12.4 Å². The van der Waals surface area contributed by atoms with Crippen LogP contribution in [0.4, 0.5) is 11.4 Å². The first-order chi connectivity index (χ1) is 11.5. The van der Waals surface area contributed by atoms with Crippen LogP contribution in [-0.4, -0.2) is 22.8 Å². The molecule has 1 N–H and O–H groups in total. The van der Waals surface area contributed by atoms with Crippen molar-refractivity contribution in [1.82, 2.24) is 0 Å². The van der Waals surface area contributed by atoms with Gasteiger partial charge < -0.3 is 10.1 Å². The van der Waals surface area contributed by atoms with Crippen molar-refractivity contribution in [2.24, 2.45) is 0 Å². The number of amides is 1. The number of nitro groups is 1. The normalized spacial score (nSPS) is 13.0. The highest BCUT2D eigenvalue weighted by Crippen LogP contribution is 2.36. The minimum atomic E-state index is -0.580. The largest absolute Gasteiger partial charge is 0.489 e. The number of ether oxygens (including phenoxy) is 1. The molecule has 8 heteroatoms. The van der Waals surface area contributed by atoms with E-state index in [-0.39, 0.29) is 27.9 Å². The highest BCUT2D eigenvalue weighted by molar-refractivity contribution is 9.12. The number of nitro benzene ring substituents is 1. The molecule has 0 bridgehead atoms. The molecule has 0 saturated heterocycles. The molecule has 0 aliphatic heterocycles. The van der Waals surface area contributed by atoms with Gasteiger partial charge in [0.1, 0.15) is 4.83 Å². The lowest BCUT2D eigenvalue weighted by molar-refractivity contribution is -0.385. The highest BCUT2D eigenvalue weighted by Gasteiger charge is 2.27. The van der Waals surface area contributed by atoms with E-state index in [0.717, 1.165) is 5.56 Å². The summed E-state index contributed by atoms with van der Waals surface area (Å²) in [4.78, 5) is 22.1. The maximum Gasteiger partial charge on any atom is 0.313 e. The second-order valence-electron chi connectivity index (χ2n) is 4.82. The number of methoxy groups -OCH3 is 1. The number of alkyl halides is 2. The van der Waals surface area contributed by atoms with Crippen LogP contribution in [0.25, 0.3) is 0 Å². The summed E-state index contributed by atoms with van der Waals surface area (Å²) in [6, 6.07) is 13.8. The first-order valence-electron chi connectivity index (χ1n) is 6.91. The number of carbonyl (C=O) groups is 1. The SMILES string of the molecule is COc1c(NC(=O)[C@@H](Br)[C@H](Br)c2ccccc2)cccc1[N+](=O)[O-]. The van der Waals surface area contributed by atoms with Gasteiger partial charge in [-0.3, -0.25) is 14.9 Å². The average molecular weight is 458 g/mol. The van der Waals surface area contributed by atoms with Crippen molar-refractivity contribution in [3.8, 4) is 5.75 Å². The van der Waals surface area contributed by atoms with E-state index in [4.69, 9.17) is 4.74 Å². The number of anilines is 1. The van der Waals surface area contributed by atoms with E-state index in [1.807, 2.05) is 30.3 Å². The molecule has 2 atom stereocenters. The summed E-state index contributed by atoms with van der Waals surface area (Å²) in [7, 11) is 1.32. The number of benzene rings is 2. The summed E-state index contributed by atoms with van der Waals surface area (Å²) >= 11 is 6.85. The van der Waals surface area contributed by atoms with Crippen LogP contribution >= 0.6 is 31.9 Å². The standard InChI is InChI=1S/C16H14Br2N2O4/c1-24-15-11(8-5-9-12(15)20(22)23)19-16(21)14(18)13(17)10-6-3-2-4-7-10/h2-9,13-14H,1H3,(H,19,21)/t13-,14+/m1/s1. The summed E-state index contributed by atoms with van der Waals surface area (Å²) in [6.45, 7) is 0. The maximum absolute atomic E-state index is 12.5. The second-order valence-corrected chi connectivity index (χ2v) is 6.79. The third kappa shape index (κ3) is 4.12. The minimum absolute atomic E-state index is 0.0152. The predicted octanol–water partition coefficient (Wildman–Crippen LogP) is 4.44. The Kier molecular flexibility index (Phi) is 6.33. The van der Waals surface area contributed by atoms with Crippen molar-refractivity contribution in [3.05, 3.63) is 64.2 Å². The fraction of sp³-hybridized carbons (Fsp3) is 0.188. The number of hydrogen-bond acceptors (Lipinski definition) is 4. The fourth-order valence-corrected chi connectivity index (χ4v) is 3.09. The molecule has 6 nitrogen and oxygen atoms in total. The van der Waals surface area contributed by atoms with Gasteiger partial charge in [-0.2, -0.15) is 0 Å². The van der Waals surface area contributed by atoms with Gasteiger partial charge in [0, 0.05) is 6.07 Å². The van der Waals surface area contributed by atoms with Gasteiger partial charge in [-0.25, -0.2) is 0 Å². The molecule has 0 saturated carbocycles. The van der Waals surface area contributed by atoms with E-state index >= 15 is 0 Å². The van der Waals surface area contributed by atoms with Crippen LogP contribution in [0.3, 0.4) is 0 Å². The van der Waals surface area contributed by atoms with Crippen molar-refractivity contribution in [3.63, 3.8) is 0 Å². The van der Waals surface area contributed by atoms with Gasteiger partial charge >= 0.3 is 5.69 Å². The second kappa shape index (κ2) is 8.25. The fourth-order valence-electron chi connectivity index (χ4n) is 2.12. The quantitative estimate of drug-likeness (QED) is 0.395. The Morgan fingerprint density at radius 3 is 2.42 bits per heavy atom. The Hall–Kier alpha value is -1.93. The Labute approximate surface area is 155 Å². The van der Waals surface area contributed by atoms with Crippen LogP contribution in [0.2, 0.25) is 0 Å². The van der Waals surface area contributed by atoms with Gasteiger partial charge in [-0.05, 0) is 11.6 Å². The lowest BCUT2D eigenvalue weighted by Gasteiger charge is -2.18. The molecule has 2 aromatic rings. The molecule has 0 heterocycles. The van der Waals surface area contributed by atoms with E-state index in [2.05, 4.69) is 37.2 Å². The number of nitrogens with zero attached hydrogens (tertiary/aromatic N) is 1. The molecule has 126 valence electrons. The van der Waals surface area contributed by atoms with Crippen LogP contribution < -0.4 is 10.1 Å². The number of rotatable bonds is 6. The number of nitrogens with one attached hydrogen (secondary N) is 1. The van der Waals surface area contributed by atoms with E-state index in [1.54, 1.807) is 6.07 Å². The molecule has 1 amide bonds. The summed E-state index contributed by atoms with van der Waals surface area (Å²) in [5, 5.41) is 13.7. The Morgan fingerprint density at radius 2 is 1.83 bits per heavy atom. The van der Waals surface area contributed by atoms with Gasteiger partial charge in [0.2, 0.25) is 11.7 Å². The van der Waals surface area contributed by atoms with E-state index in [0.29, 0.717) is 0 Å². The smallest absolute Gasteiger partial charge is 0.313 e. The number of halogens is 2. The van der Waals surface area contributed by atoms with Crippen LogP contribution in [-0.2, 0) is 4.79 Å². The van der Waals surface area contributed by atoms with Gasteiger partial charge in [0.05, 0.1) is 22.5 Å². The van der Waals surface area contributed by atoms with E-state index in [1.165, 1.54) is 19.2 Å². The van der Waals surface area contributed by atoms with E-state index in [9.17, 15) is 14.9 Å². The molecule has 2 aromatic carbocycles. The zero-order valence-corrected chi connectivity index (χ0v) is 15.8. The molecular formula is C16H14Br2N2O4.